The number of carboxylic acids is 1. The van der Waals surface area contributed by atoms with Crippen LogP contribution in [0.3, 0.4) is 0 Å². The summed E-state index contributed by atoms with van der Waals surface area (Å²) in [5, 5.41) is 7.33. The van der Waals surface area contributed by atoms with Gasteiger partial charge in [0.2, 0.25) is 5.91 Å². The van der Waals surface area contributed by atoms with Gasteiger partial charge in [0.15, 0.2) is 0 Å². The largest absolute Gasteiger partial charge is 0.478 e. The fourth-order valence-electron chi connectivity index (χ4n) is 1.96. The van der Waals surface area contributed by atoms with E-state index < -0.39 is 33.8 Å². The fraction of sp³-hybridized carbons (Fsp3) is 0.273. The van der Waals surface area contributed by atoms with Crippen LogP contribution in [0.15, 0.2) is 18.2 Å². The van der Waals surface area contributed by atoms with Crippen LogP contribution in [0.1, 0.15) is 16.8 Å². The molecule has 0 spiro atoms. The van der Waals surface area contributed by atoms with Crippen molar-refractivity contribution in [1.82, 2.24) is 0 Å². The summed E-state index contributed by atoms with van der Waals surface area (Å²) in [5.41, 5.74) is 0.0906. The van der Waals surface area contributed by atoms with Crippen molar-refractivity contribution in [3.63, 3.8) is 0 Å². The van der Waals surface area contributed by atoms with Crippen molar-refractivity contribution >= 4 is 39.4 Å². The average Bonchev–Trinajstić information content (AvgIpc) is 2.70. The first kappa shape index (κ1) is 14.7. The third-order valence-corrected chi connectivity index (χ3v) is 4.41. The molecule has 1 N–H and O–H groups in total. The van der Waals surface area contributed by atoms with Crippen LogP contribution in [0.4, 0.5) is 9.57 Å². The van der Waals surface area contributed by atoms with E-state index in [9.17, 15) is 21.9 Å². The first-order valence-electron chi connectivity index (χ1n) is 5.47. The number of aromatic carboxylic acids is 1. The molecule has 1 amide bonds. The van der Waals surface area contributed by atoms with Crippen LogP contribution in [-0.2, 0) is 15.0 Å². The highest BCUT2D eigenvalue weighted by Crippen LogP contribution is 2.29. The van der Waals surface area contributed by atoms with Crippen molar-refractivity contribution in [3.8, 4) is 0 Å². The van der Waals surface area contributed by atoms with Gasteiger partial charge in [-0.3, -0.25) is 4.79 Å². The van der Waals surface area contributed by atoms with Crippen molar-refractivity contribution in [3.05, 3.63) is 28.8 Å². The van der Waals surface area contributed by atoms with E-state index >= 15 is 0 Å². The lowest BCUT2D eigenvalue weighted by Gasteiger charge is -2.16. The summed E-state index contributed by atoms with van der Waals surface area (Å²) in [4.78, 5) is 23.6. The van der Waals surface area contributed by atoms with Crippen LogP contribution >= 0.6 is 11.6 Å². The lowest BCUT2D eigenvalue weighted by molar-refractivity contribution is -0.117. The number of benzene rings is 1. The standard InChI is InChI=1S/C11H9ClFNO5S/c12-9-3-6(1-2-8(9)11(16)17)14-5-7(4-10(14)15)20(13,18)19/h1-3,7H,4-5H2,(H,16,17). The molecule has 1 unspecified atom stereocenters. The average molecular weight is 322 g/mol. The summed E-state index contributed by atoms with van der Waals surface area (Å²) < 4.78 is 34.5. The molecule has 0 radical (unpaired) electrons. The Morgan fingerprint density at radius 2 is 2.10 bits per heavy atom. The molecule has 9 heteroatoms. The third kappa shape index (κ3) is 2.75. The molecule has 0 aliphatic carbocycles. The topological polar surface area (TPSA) is 91.8 Å². The van der Waals surface area contributed by atoms with E-state index in [0.717, 1.165) is 4.90 Å². The first-order valence-corrected chi connectivity index (χ1v) is 7.29. The van der Waals surface area contributed by atoms with Gasteiger partial charge in [-0.25, -0.2) is 4.79 Å². The zero-order chi connectivity index (χ0) is 15.1. The molecule has 6 nitrogen and oxygen atoms in total. The Morgan fingerprint density at radius 1 is 1.45 bits per heavy atom. The molecule has 1 atom stereocenters. The monoisotopic (exact) mass is 321 g/mol. The Kier molecular flexibility index (Phi) is 3.70. The molecule has 1 saturated heterocycles. The number of hydrogen-bond donors (Lipinski definition) is 1. The Bertz CT molecular complexity index is 690. The molecule has 0 saturated carbocycles. The molecule has 1 aromatic rings. The van der Waals surface area contributed by atoms with E-state index in [1.807, 2.05) is 0 Å². The van der Waals surface area contributed by atoms with Gasteiger partial charge in [0.05, 0.1) is 10.6 Å². The molecule has 0 aromatic heterocycles. The third-order valence-electron chi connectivity index (χ3n) is 2.98. The zero-order valence-electron chi connectivity index (χ0n) is 9.92. The van der Waals surface area contributed by atoms with Crippen molar-refractivity contribution in [2.75, 3.05) is 11.4 Å². The lowest BCUT2D eigenvalue weighted by atomic mass is 10.2. The summed E-state index contributed by atoms with van der Waals surface area (Å²) >= 11 is 5.77. The minimum absolute atomic E-state index is 0.0886. The molecule has 1 aliphatic rings. The number of carbonyl (C=O) groups is 2. The summed E-state index contributed by atoms with van der Waals surface area (Å²) in [7, 11) is -4.80. The number of carbonyl (C=O) groups excluding carboxylic acids is 1. The van der Waals surface area contributed by atoms with Crippen LogP contribution in [0.2, 0.25) is 5.02 Å². The number of nitrogens with zero attached hydrogens (tertiary/aromatic N) is 1. The molecule has 0 bridgehead atoms. The van der Waals surface area contributed by atoms with Gasteiger partial charge >= 0.3 is 16.2 Å². The second-order valence-corrected chi connectivity index (χ2v) is 6.30. The number of rotatable bonds is 3. The van der Waals surface area contributed by atoms with Gasteiger partial charge in [-0.05, 0) is 18.2 Å². The number of amides is 1. The highest BCUT2D eigenvalue weighted by atomic mass is 35.5. The predicted molar refractivity (Wildman–Crippen MR) is 69.2 cm³/mol. The SMILES string of the molecule is O=C(O)c1ccc(N2CC(S(=O)(=O)F)CC2=O)cc1Cl. The minimum Gasteiger partial charge on any atom is -0.478 e. The second kappa shape index (κ2) is 5.02. The minimum atomic E-state index is -4.80. The van der Waals surface area contributed by atoms with Crippen molar-refractivity contribution in [1.29, 1.82) is 0 Å². The maximum Gasteiger partial charge on any atom is 0.337 e. The summed E-state index contributed by atoms with van der Waals surface area (Å²) in [5.74, 6) is -1.78. The summed E-state index contributed by atoms with van der Waals surface area (Å²) in [6.45, 7) is -0.319. The van der Waals surface area contributed by atoms with Crippen LogP contribution in [0.25, 0.3) is 0 Å². The highest BCUT2D eigenvalue weighted by molar-refractivity contribution is 7.87. The highest BCUT2D eigenvalue weighted by Gasteiger charge is 2.39. The lowest BCUT2D eigenvalue weighted by Crippen LogP contribution is -2.27. The van der Waals surface area contributed by atoms with E-state index in [1.54, 1.807) is 0 Å². The molecule has 1 fully saturated rings. The Balaban J connectivity index is 2.31. The van der Waals surface area contributed by atoms with E-state index in [1.165, 1.54) is 18.2 Å². The van der Waals surface area contributed by atoms with Gasteiger partial charge in [-0.15, -0.1) is 3.89 Å². The van der Waals surface area contributed by atoms with Gasteiger partial charge in [-0.2, -0.15) is 8.42 Å². The van der Waals surface area contributed by atoms with Crippen LogP contribution in [0, 0.1) is 0 Å². The van der Waals surface area contributed by atoms with Gasteiger partial charge < -0.3 is 10.0 Å². The normalized spacial score (nSPS) is 19.4. The second-order valence-electron chi connectivity index (χ2n) is 4.28. The maximum atomic E-state index is 12.9. The Morgan fingerprint density at radius 3 is 2.55 bits per heavy atom. The summed E-state index contributed by atoms with van der Waals surface area (Å²) in [6.07, 6.45) is -0.447. The molecule has 108 valence electrons. The van der Waals surface area contributed by atoms with E-state index in [0.29, 0.717) is 0 Å². The van der Waals surface area contributed by atoms with Gasteiger partial charge in [0.1, 0.15) is 5.25 Å². The quantitative estimate of drug-likeness (QED) is 0.851. The van der Waals surface area contributed by atoms with Crippen LogP contribution < -0.4 is 4.90 Å². The zero-order valence-corrected chi connectivity index (χ0v) is 11.5. The number of halogens is 2. The molecule has 1 aromatic carbocycles. The van der Waals surface area contributed by atoms with E-state index in [-0.39, 0.29) is 22.8 Å². The summed E-state index contributed by atoms with van der Waals surface area (Å²) in [6, 6.07) is 3.75. The maximum absolute atomic E-state index is 12.9. The molecule has 20 heavy (non-hydrogen) atoms. The smallest absolute Gasteiger partial charge is 0.337 e. The molecule has 1 heterocycles. The van der Waals surface area contributed by atoms with Crippen LogP contribution in [-0.4, -0.2) is 37.2 Å². The number of carboxylic acid groups (broad SMARTS) is 1. The van der Waals surface area contributed by atoms with Crippen molar-refractivity contribution in [2.45, 2.75) is 11.7 Å². The number of hydrogen-bond acceptors (Lipinski definition) is 4. The Labute approximate surface area is 119 Å². The molecular formula is C11H9ClFNO5S. The predicted octanol–water partition coefficient (Wildman–Crippen LogP) is 1.44. The van der Waals surface area contributed by atoms with Crippen molar-refractivity contribution < 1.29 is 27.0 Å². The van der Waals surface area contributed by atoms with E-state index in [2.05, 4.69) is 0 Å². The first-order chi connectivity index (χ1) is 9.20. The van der Waals surface area contributed by atoms with Gasteiger partial charge in [0, 0.05) is 18.7 Å². The van der Waals surface area contributed by atoms with E-state index in [4.69, 9.17) is 16.7 Å². The molecular weight excluding hydrogens is 313 g/mol. The molecule has 1 aliphatic heterocycles. The van der Waals surface area contributed by atoms with Gasteiger partial charge in [-0.1, -0.05) is 11.6 Å². The fourth-order valence-corrected chi connectivity index (χ4v) is 2.88. The van der Waals surface area contributed by atoms with Crippen LogP contribution in [0.5, 0.6) is 0 Å². The Hall–Kier alpha value is -1.67. The number of anilines is 1. The van der Waals surface area contributed by atoms with Crippen molar-refractivity contribution in [2.24, 2.45) is 0 Å². The molecule has 2 rings (SSSR count). The van der Waals surface area contributed by atoms with Gasteiger partial charge in [0.25, 0.3) is 0 Å².